The molecule has 2 rings (SSSR count). The lowest BCUT2D eigenvalue weighted by Crippen LogP contribution is -2.45. The number of benzene rings is 1. The molecule has 22 heavy (non-hydrogen) atoms. The van der Waals surface area contributed by atoms with Gasteiger partial charge < -0.3 is 5.73 Å². The van der Waals surface area contributed by atoms with Crippen molar-refractivity contribution in [2.45, 2.75) is 24.4 Å². The molecule has 0 bridgehead atoms. The van der Waals surface area contributed by atoms with Crippen LogP contribution in [0.4, 0.5) is 13.2 Å². The van der Waals surface area contributed by atoms with E-state index in [2.05, 4.69) is 0 Å². The average molecular weight is 336 g/mol. The van der Waals surface area contributed by atoms with Crippen molar-refractivity contribution in [3.05, 3.63) is 29.8 Å². The normalized spacial score (nSPS) is 24.4. The van der Waals surface area contributed by atoms with Gasteiger partial charge in [-0.1, -0.05) is 6.92 Å². The van der Waals surface area contributed by atoms with Crippen molar-refractivity contribution in [3.8, 4) is 0 Å². The first-order valence-corrected chi connectivity index (χ1v) is 8.47. The highest BCUT2D eigenvalue weighted by Crippen LogP contribution is 2.31. The van der Waals surface area contributed by atoms with Gasteiger partial charge in [0.05, 0.1) is 10.5 Å². The van der Waals surface area contributed by atoms with Gasteiger partial charge in [-0.15, -0.1) is 0 Å². The minimum atomic E-state index is -4.48. The second-order valence-corrected chi connectivity index (χ2v) is 7.58. The minimum Gasteiger partial charge on any atom is -0.330 e. The van der Waals surface area contributed by atoms with Crippen LogP contribution < -0.4 is 5.73 Å². The summed E-state index contributed by atoms with van der Waals surface area (Å²) in [5.74, 6) is 0.405. The zero-order valence-corrected chi connectivity index (χ0v) is 13.0. The van der Waals surface area contributed by atoms with Crippen LogP contribution in [0.3, 0.4) is 0 Å². The van der Waals surface area contributed by atoms with E-state index in [1.807, 2.05) is 6.92 Å². The van der Waals surface area contributed by atoms with Crippen molar-refractivity contribution in [2.75, 3.05) is 19.6 Å². The van der Waals surface area contributed by atoms with Gasteiger partial charge in [0.1, 0.15) is 0 Å². The van der Waals surface area contributed by atoms with Crippen LogP contribution in [0.1, 0.15) is 18.9 Å². The van der Waals surface area contributed by atoms with Crippen molar-refractivity contribution >= 4 is 10.0 Å². The van der Waals surface area contributed by atoms with Crippen LogP contribution in [0.15, 0.2) is 29.2 Å². The molecule has 1 aromatic rings. The molecule has 0 aromatic heterocycles. The highest BCUT2D eigenvalue weighted by Gasteiger charge is 2.34. The summed E-state index contributed by atoms with van der Waals surface area (Å²) in [7, 11) is -3.78. The Balaban J connectivity index is 2.23. The molecule has 2 unspecified atom stereocenters. The van der Waals surface area contributed by atoms with E-state index in [-0.39, 0.29) is 10.8 Å². The van der Waals surface area contributed by atoms with Crippen molar-refractivity contribution in [1.82, 2.24) is 4.31 Å². The van der Waals surface area contributed by atoms with Gasteiger partial charge in [0.25, 0.3) is 0 Å². The molecule has 0 aliphatic carbocycles. The highest BCUT2D eigenvalue weighted by atomic mass is 32.2. The van der Waals surface area contributed by atoms with Crippen LogP contribution in [-0.4, -0.2) is 32.4 Å². The van der Waals surface area contributed by atoms with Crippen LogP contribution in [0, 0.1) is 11.8 Å². The third kappa shape index (κ3) is 3.44. The Morgan fingerprint density at radius 3 is 2.36 bits per heavy atom. The Labute approximate surface area is 128 Å². The Bertz CT molecular complexity index is 614. The fourth-order valence-corrected chi connectivity index (χ4v) is 4.12. The zero-order valence-electron chi connectivity index (χ0n) is 12.2. The van der Waals surface area contributed by atoms with Gasteiger partial charge in [-0.25, -0.2) is 8.42 Å². The number of nitrogens with zero attached hydrogens (tertiary/aromatic N) is 1. The average Bonchev–Trinajstić information content (AvgIpc) is 2.46. The molecule has 1 saturated heterocycles. The van der Waals surface area contributed by atoms with Gasteiger partial charge in [-0.3, -0.25) is 0 Å². The molecule has 1 aromatic carbocycles. The van der Waals surface area contributed by atoms with E-state index in [1.54, 1.807) is 0 Å². The Kier molecular flexibility index (Phi) is 4.84. The van der Waals surface area contributed by atoms with Gasteiger partial charge in [-0.2, -0.15) is 17.5 Å². The fourth-order valence-electron chi connectivity index (χ4n) is 2.61. The SMILES string of the molecule is CC1CCN(S(=O)(=O)c2ccc(C(F)(F)F)cc2)CC1CN. The molecule has 1 aliphatic rings. The summed E-state index contributed by atoms with van der Waals surface area (Å²) in [4.78, 5) is -0.120. The lowest BCUT2D eigenvalue weighted by atomic mass is 9.88. The molecule has 1 aliphatic heterocycles. The second kappa shape index (κ2) is 6.17. The minimum absolute atomic E-state index is 0.0676. The summed E-state index contributed by atoms with van der Waals surface area (Å²) in [6, 6.07) is 3.60. The van der Waals surface area contributed by atoms with Crippen LogP contribution in [0.25, 0.3) is 0 Å². The molecule has 8 heteroatoms. The van der Waals surface area contributed by atoms with Crippen LogP contribution in [0.5, 0.6) is 0 Å². The van der Waals surface area contributed by atoms with Crippen molar-refractivity contribution in [2.24, 2.45) is 17.6 Å². The maximum Gasteiger partial charge on any atom is 0.416 e. The zero-order chi connectivity index (χ0) is 16.5. The molecule has 0 spiro atoms. The monoisotopic (exact) mass is 336 g/mol. The smallest absolute Gasteiger partial charge is 0.330 e. The van der Waals surface area contributed by atoms with Crippen molar-refractivity contribution in [3.63, 3.8) is 0 Å². The van der Waals surface area contributed by atoms with E-state index < -0.39 is 21.8 Å². The number of rotatable bonds is 3. The molecule has 2 atom stereocenters. The number of sulfonamides is 1. The highest BCUT2D eigenvalue weighted by molar-refractivity contribution is 7.89. The first-order valence-electron chi connectivity index (χ1n) is 7.03. The molecular weight excluding hydrogens is 317 g/mol. The van der Waals surface area contributed by atoms with E-state index in [0.717, 1.165) is 24.3 Å². The maximum absolute atomic E-state index is 12.5. The quantitative estimate of drug-likeness (QED) is 0.921. The number of piperidine rings is 1. The van der Waals surface area contributed by atoms with E-state index in [0.29, 0.717) is 32.0 Å². The summed E-state index contributed by atoms with van der Waals surface area (Å²) < 4.78 is 64.0. The molecule has 4 nitrogen and oxygen atoms in total. The molecule has 1 fully saturated rings. The number of halogens is 3. The lowest BCUT2D eigenvalue weighted by molar-refractivity contribution is -0.137. The summed E-state index contributed by atoms with van der Waals surface area (Å²) in [5, 5.41) is 0. The lowest BCUT2D eigenvalue weighted by Gasteiger charge is -2.35. The molecule has 1 heterocycles. The third-order valence-electron chi connectivity index (χ3n) is 4.20. The first kappa shape index (κ1) is 17.2. The topological polar surface area (TPSA) is 63.4 Å². The van der Waals surface area contributed by atoms with Crippen LogP contribution in [-0.2, 0) is 16.2 Å². The van der Waals surface area contributed by atoms with E-state index in [9.17, 15) is 21.6 Å². The molecule has 124 valence electrons. The molecular formula is C14H19F3N2O2S. The molecule has 0 radical (unpaired) electrons. The third-order valence-corrected chi connectivity index (χ3v) is 6.08. The predicted molar refractivity (Wildman–Crippen MR) is 76.5 cm³/mol. The summed E-state index contributed by atoms with van der Waals surface area (Å²) in [6.45, 7) is 3.09. The van der Waals surface area contributed by atoms with Crippen molar-refractivity contribution < 1.29 is 21.6 Å². The van der Waals surface area contributed by atoms with E-state index in [1.165, 1.54) is 4.31 Å². The predicted octanol–water partition coefficient (Wildman–Crippen LogP) is 2.31. The first-order chi connectivity index (χ1) is 10.2. The molecule has 0 amide bonds. The van der Waals surface area contributed by atoms with Crippen LogP contribution >= 0.6 is 0 Å². The van der Waals surface area contributed by atoms with Gasteiger partial charge in [-0.05, 0) is 49.1 Å². The number of nitrogens with two attached hydrogens (primary N) is 1. The maximum atomic E-state index is 12.5. The largest absolute Gasteiger partial charge is 0.416 e. The van der Waals surface area contributed by atoms with Gasteiger partial charge in [0.2, 0.25) is 10.0 Å². The summed E-state index contributed by atoms with van der Waals surface area (Å²) in [5.41, 5.74) is 4.80. The van der Waals surface area contributed by atoms with Gasteiger partial charge >= 0.3 is 6.18 Å². The van der Waals surface area contributed by atoms with Crippen LogP contribution in [0.2, 0.25) is 0 Å². The second-order valence-electron chi connectivity index (χ2n) is 5.65. The number of hydrogen-bond acceptors (Lipinski definition) is 3. The molecule has 2 N–H and O–H groups in total. The number of alkyl halides is 3. The fraction of sp³-hybridized carbons (Fsp3) is 0.571. The molecule has 0 saturated carbocycles. The van der Waals surface area contributed by atoms with E-state index in [4.69, 9.17) is 5.73 Å². The van der Waals surface area contributed by atoms with E-state index >= 15 is 0 Å². The number of hydrogen-bond donors (Lipinski definition) is 1. The standard InChI is InChI=1S/C14H19F3N2O2S/c1-10-6-7-19(9-11(10)8-18)22(20,21)13-4-2-12(3-5-13)14(15,16)17/h2-5,10-11H,6-9,18H2,1H3. The van der Waals surface area contributed by atoms with Gasteiger partial charge in [0.15, 0.2) is 0 Å². The summed E-state index contributed by atoms with van der Waals surface area (Å²) >= 11 is 0. The Morgan fingerprint density at radius 2 is 1.86 bits per heavy atom. The Hall–Kier alpha value is -1.12. The Morgan fingerprint density at radius 1 is 1.27 bits per heavy atom. The summed E-state index contributed by atoms with van der Waals surface area (Å²) in [6.07, 6.45) is -3.78. The van der Waals surface area contributed by atoms with Crippen molar-refractivity contribution in [1.29, 1.82) is 0 Å². The van der Waals surface area contributed by atoms with Gasteiger partial charge in [0, 0.05) is 13.1 Å².